The number of aromatic nitrogens is 3. The molecule has 1 atom stereocenters. The molecule has 6 rings (SSSR count). The van der Waals surface area contributed by atoms with Gasteiger partial charge in [0.1, 0.15) is 35.5 Å². The third-order valence-corrected chi connectivity index (χ3v) is 10.0. The van der Waals surface area contributed by atoms with E-state index in [9.17, 15) is 13.2 Å². The van der Waals surface area contributed by atoms with Crippen LogP contribution in [0.1, 0.15) is 37.2 Å². The number of rotatable bonds is 8. The molecule has 2 N–H and O–H groups in total. The Morgan fingerprint density at radius 3 is 2.63 bits per heavy atom. The van der Waals surface area contributed by atoms with Crippen molar-refractivity contribution in [3.63, 3.8) is 0 Å². The number of likely N-dealkylation sites (tertiary alicyclic amines) is 1. The van der Waals surface area contributed by atoms with E-state index >= 15 is 4.39 Å². The lowest BCUT2D eigenvalue weighted by atomic mass is 9.89. The van der Waals surface area contributed by atoms with Crippen LogP contribution in [0.3, 0.4) is 0 Å². The van der Waals surface area contributed by atoms with Gasteiger partial charge in [0.25, 0.3) is 0 Å². The van der Waals surface area contributed by atoms with E-state index in [1.54, 1.807) is 47.4 Å². The number of carbonyl (C=O) groups excluding carboxylic acids is 1. The van der Waals surface area contributed by atoms with Crippen LogP contribution in [0, 0.1) is 5.82 Å². The van der Waals surface area contributed by atoms with E-state index in [1.807, 2.05) is 6.20 Å². The number of fused-ring (bicyclic) bond motifs is 1. The number of carbonyl (C=O) groups is 1. The first-order valence-electron chi connectivity index (χ1n) is 14.3. The smallest absolute Gasteiger partial charge is 0.245 e. The van der Waals surface area contributed by atoms with E-state index in [-0.39, 0.29) is 29.0 Å². The van der Waals surface area contributed by atoms with Crippen LogP contribution in [0.4, 0.5) is 15.9 Å². The number of hydrogen-bond donors (Lipinski definition) is 2. The molecule has 2 aliphatic heterocycles. The number of ether oxygens (including phenoxy) is 1. The summed E-state index contributed by atoms with van der Waals surface area (Å²) < 4.78 is 49.0. The molecule has 2 aromatic carbocycles. The second-order valence-electron chi connectivity index (χ2n) is 10.8. The largest absolute Gasteiger partial charge is 0.489 e. The predicted molar refractivity (Wildman–Crippen MR) is 161 cm³/mol. The Morgan fingerprint density at radius 2 is 1.88 bits per heavy atom. The molecular weight excluding hydrogens is 571 g/mol. The van der Waals surface area contributed by atoms with Crippen LogP contribution in [0.15, 0.2) is 78.6 Å². The fraction of sp³-hybridized carbons (Fsp3) is 0.323. The first-order chi connectivity index (χ1) is 20.8. The summed E-state index contributed by atoms with van der Waals surface area (Å²) in [4.78, 5) is 26.0. The van der Waals surface area contributed by atoms with Crippen LogP contribution in [-0.4, -0.2) is 70.8 Å². The molecule has 0 aliphatic carbocycles. The van der Waals surface area contributed by atoms with Gasteiger partial charge in [-0.1, -0.05) is 24.8 Å². The number of benzene rings is 2. The van der Waals surface area contributed by atoms with Gasteiger partial charge >= 0.3 is 0 Å². The molecule has 0 radical (unpaired) electrons. The van der Waals surface area contributed by atoms with Gasteiger partial charge in [0.15, 0.2) is 0 Å². The Bertz CT molecular complexity index is 1740. The summed E-state index contributed by atoms with van der Waals surface area (Å²) in [7, 11) is -3.64. The van der Waals surface area contributed by atoms with Crippen molar-refractivity contribution in [2.45, 2.75) is 42.6 Å². The fourth-order valence-electron chi connectivity index (χ4n) is 5.90. The third kappa shape index (κ3) is 5.98. The molecule has 1 amide bonds. The highest BCUT2D eigenvalue weighted by molar-refractivity contribution is 7.89. The van der Waals surface area contributed by atoms with Gasteiger partial charge in [0, 0.05) is 31.9 Å². The average Bonchev–Trinajstić information content (AvgIpc) is 3.48. The Hall–Kier alpha value is -4.29. The minimum absolute atomic E-state index is 0.0657. The minimum Gasteiger partial charge on any atom is -0.489 e. The molecule has 10 nitrogen and oxygen atoms in total. The van der Waals surface area contributed by atoms with Crippen LogP contribution in [0.2, 0.25) is 0 Å². The maximum absolute atomic E-state index is 15.4. The fourth-order valence-corrected chi connectivity index (χ4v) is 7.43. The van der Waals surface area contributed by atoms with Gasteiger partial charge < -0.3 is 19.9 Å². The standard InChI is InChI=1S/C31H33FN6O4S/c1-2-28(39)37-15-12-21(13-16-37)25-18-33-30-29(25)31(35-20-34-30)36-27-11-10-22(17-26(27)32)42-23-7-6-14-38(19-23)43(40,41)24-8-4-3-5-9-24/h2-5,8-11,17-18,20-21,23H,1,6-7,12-16,19H2,(H2,33,34,35,36)/t23-/m0/s1. The van der Waals surface area contributed by atoms with Crippen LogP contribution in [-0.2, 0) is 14.8 Å². The van der Waals surface area contributed by atoms with Crippen molar-refractivity contribution >= 4 is 38.5 Å². The number of hydrogen-bond acceptors (Lipinski definition) is 7. The number of halogens is 1. The van der Waals surface area contributed by atoms with Gasteiger partial charge in [0.2, 0.25) is 15.9 Å². The Labute approximate surface area is 249 Å². The van der Waals surface area contributed by atoms with Gasteiger partial charge in [0.05, 0.1) is 22.5 Å². The van der Waals surface area contributed by atoms with Crippen molar-refractivity contribution in [2.24, 2.45) is 0 Å². The summed E-state index contributed by atoms with van der Waals surface area (Å²) in [6.45, 7) is 5.44. The van der Waals surface area contributed by atoms with E-state index < -0.39 is 21.9 Å². The normalized spacial score (nSPS) is 18.4. The van der Waals surface area contributed by atoms with Crippen LogP contribution < -0.4 is 10.1 Å². The van der Waals surface area contributed by atoms with E-state index in [4.69, 9.17) is 4.74 Å². The zero-order valence-corrected chi connectivity index (χ0v) is 24.4. The molecule has 224 valence electrons. The molecular formula is C31H33FN6O4S. The number of nitrogens with zero attached hydrogens (tertiary/aromatic N) is 4. The van der Waals surface area contributed by atoms with Gasteiger partial charge in [-0.05, 0) is 67.5 Å². The highest BCUT2D eigenvalue weighted by Crippen LogP contribution is 2.37. The van der Waals surface area contributed by atoms with Gasteiger partial charge in [-0.15, -0.1) is 0 Å². The average molecular weight is 605 g/mol. The lowest BCUT2D eigenvalue weighted by Gasteiger charge is -2.32. The molecule has 2 fully saturated rings. The molecule has 2 aromatic heterocycles. The number of piperidine rings is 2. The summed E-state index contributed by atoms with van der Waals surface area (Å²) in [5.74, 6) is 0.400. The first kappa shape index (κ1) is 28.8. The highest BCUT2D eigenvalue weighted by Gasteiger charge is 2.31. The number of anilines is 2. The molecule has 43 heavy (non-hydrogen) atoms. The molecule has 4 aromatic rings. The van der Waals surface area contributed by atoms with Crippen molar-refractivity contribution in [3.05, 3.63) is 85.1 Å². The first-order valence-corrected chi connectivity index (χ1v) is 15.8. The Morgan fingerprint density at radius 1 is 1.09 bits per heavy atom. The molecule has 0 bridgehead atoms. The zero-order chi connectivity index (χ0) is 30.0. The second kappa shape index (κ2) is 12.1. The predicted octanol–water partition coefficient (Wildman–Crippen LogP) is 4.96. The van der Waals surface area contributed by atoms with Crippen molar-refractivity contribution in [3.8, 4) is 5.75 Å². The molecule has 2 aliphatic rings. The van der Waals surface area contributed by atoms with Crippen LogP contribution in [0.25, 0.3) is 11.0 Å². The Balaban J connectivity index is 1.15. The number of amides is 1. The number of H-pyrrole nitrogens is 1. The summed E-state index contributed by atoms with van der Waals surface area (Å²) in [6, 6.07) is 12.9. The van der Waals surface area contributed by atoms with E-state index in [0.717, 1.165) is 23.8 Å². The SMILES string of the molecule is C=CC(=O)N1CCC(c2c[nH]c3ncnc(Nc4ccc(O[C@H]5CCCN(S(=O)(=O)c6ccccc6)C5)cc4F)c23)CC1. The molecule has 0 saturated carbocycles. The Kier molecular flexibility index (Phi) is 8.13. The van der Waals surface area contributed by atoms with Crippen molar-refractivity contribution in [1.29, 1.82) is 0 Å². The van der Waals surface area contributed by atoms with Gasteiger partial charge in [-0.25, -0.2) is 22.8 Å². The van der Waals surface area contributed by atoms with Gasteiger partial charge in [-0.2, -0.15) is 4.31 Å². The van der Waals surface area contributed by atoms with E-state index in [1.165, 1.54) is 22.8 Å². The topological polar surface area (TPSA) is 121 Å². The quantitative estimate of drug-likeness (QED) is 0.273. The highest BCUT2D eigenvalue weighted by atomic mass is 32.2. The van der Waals surface area contributed by atoms with Crippen molar-refractivity contribution in [2.75, 3.05) is 31.5 Å². The summed E-state index contributed by atoms with van der Waals surface area (Å²) in [5, 5.41) is 3.92. The lowest BCUT2D eigenvalue weighted by Crippen LogP contribution is -2.44. The maximum atomic E-state index is 15.4. The molecule has 4 heterocycles. The monoisotopic (exact) mass is 604 g/mol. The minimum atomic E-state index is -3.64. The van der Waals surface area contributed by atoms with E-state index in [0.29, 0.717) is 49.7 Å². The summed E-state index contributed by atoms with van der Waals surface area (Å²) in [6.07, 6.45) is 7.15. The van der Waals surface area contributed by atoms with Gasteiger partial charge in [-0.3, -0.25) is 4.79 Å². The zero-order valence-electron chi connectivity index (χ0n) is 23.6. The van der Waals surface area contributed by atoms with Crippen molar-refractivity contribution < 1.29 is 22.3 Å². The van der Waals surface area contributed by atoms with Crippen LogP contribution in [0.5, 0.6) is 5.75 Å². The van der Waals surface area contributed by atoms with Crippen molar-refractivity contribution in [1.82, 2.24) is 24.2 Å². The molecule has 2 saturated heterocycles. The molecule has 0 unspecified atom stereocenters. The second-order valence-corrected chi connectivity index (χ2v) is 12.8. The summed E-state index contributed by atoms with van der Waals surface area (Å²) in [5.41, 5.74) is 1.89. The molecule has 0 spiro atoms. The number of aromatic amines is 1. The summed E-state index contributed by atoms with van der Waals surface area (Å²) >= 11 is 0. The van der Waals surface area contributed by atoms with Crippen LogP contribution >= 0.6 is 0 Å². The number of sulfonamides is 1. The third-order valence-electron chi connectivity index (χ3n) is 8.14. The maximum Gasteiger partial charge on any atom is 0.245 e. The lowest BCUT2D eigenvalue weighted by molar-refractivity contribution is -0.127. The molecule has 12 heteroatoms. The van der Waals surface area contributed by atoms with E-state index in [2.05, 4.69) is 26.8 Å². The number of nitrogens with one attached hydrogen (secondary N) is 2.